The summed E-state index contributed by atoms with van der Waals surface area (Å²) in [4.78, 5) is 11.1. The highest BCUT2D eigenvalue weighted by Gasteiger charge is 2.24. The molecule has 0 spiro atoms. The first-order valence-electron chi connectivity index (χ1n) is 6.53. The average Bonchev–Trinajstić information content (AvgIpc) is 2.87. The van der Waals surface area contributed by atoms with E-state index in [4.69, 9.17) is 26.2 Å². The maximum atomic E-state index is 11.1. The zero-order valence-electron chi connectivity index (χ0n) is 11.1. The average molecular weight is 305 g/mol. The van der Waals surface area contributed by atoms with Gasteiger partial charge in [-0.2, -0.15) is 0 Å². The summed E-state index contributed by atoms with van der Waals surface area (Å²) in [6, 6.07) is 12.1. The molecule has 2 aromatic carbocycles. The van der Waals surface area contributed by atoms with Crippen LogP contribution in [0.1, 0.15) is 15.9 Å². The largest absolute Gasteiger partial charge is 0.489 e. The predicted octanol–water partition coefficient (Wildman–Crippen LogP) is 3.42. The molecule has 4 nitrogen and oxygen atoms in total. The van der Waals surface area contributed by atoms with Gasteiger partial charge in [-0.1, -0.05) is 23.7 Å². The van der Waals surface area contributed by atoms with Crippen LogP contribution in [0.3, 0.4) is 0 Å². The Morgan fingerprint density at radius 3 is 2.95 bits per heavy atom. The van der Waals surface area contributed by atoms with Crippen LogP contribution in [0.15, 0.2) is 42.5 Å². The molecular formula is C16H13ClO4. The fourth-order valence-electron chi connectivity index (χ4n) is 2.33. The normalized spacial score (nSPS) is 16.1. The Labute approximate surface area is 126 Å². The summed E-state index contributed by atoms with van der Waals surface area (Å²) < 4.78 is 11.4. The molecule has 0 saturated heterocycles. The molecule has 2 aromatic rings. The van der Waals surface area contributed by atoms with Crippen LogP contribution in [0, 0.1) is 0 Å². The highest BCUT2D eigenvalue weighted by Crippen LogP contribution is 2.31. The fraction of sp³-hybridized carbons (Fsp3) is 0.188. The van der Waals surface area contributed by atoms with Crippen molar-refractivity contribution in [2.24, 2.45) is 0 Å². The summed E-state index contributed by atoms with van der Waals surface area (Å²) in [7, 11) is 0. The lowest BCUT2D eigenvalue weighted by molar-refractivity contribution is 0.0688. The lowest BCUT2D eigenvalue weighted by atomic mass is 10.1. The second kappa shape index (κ2) is 5.66. The number of para-hydroxylation sites is 1. The van der Waals surface area contributed by atoms with E-state index in [9.17, 15) is 4.79 Å². The first-order valence-corrected chi connectivity index (χ1v) is 6.91. The number of hydrogen-bond acceptors (Lipinski definition) is 3. The quantitative estimate of drug-likeness (QED) is 0.940. The van der Waals surface area contributed by atoms with Gasteiger partial charge in [0.25, 0.3) is 0 Å². The molecule has 0 bridgehead atoms. The number of ether oxygens (including phenoxy) is 2. The van der Waals surface area contributed by atoms with Crippen LogP contribution in [0.25, 0.3) is 0 Å². The number of hydrogen-bond donors (Lipinski definition) is 1. The predicted molar refractivity (Wildman–Crippen MR) is 78.5 cm³/mol. The topological polar surface area (TPSA) is 55.8 Å². The summed E-state index contributed by atoms with van der Waals surface area (Å²) in [5, 5.41) is 9.78. The van der Waals surface area contributed by atoms with Gasteiger partial charge in [-0.3, -0.25) is 0 Å². The molecule has 0 amide bonds. The molecule has 1 aliphatic rings. The van der Waals surface area contributed by atoms with Crippen LogP contribution in [0.2, 0.25) is 5.02 Å². The molecule has 0 aromatic heterocycles. The molecule has 0 saturated carbocycles. The first kappa shape index (κ1) is 13.8. The molecule has 21 heavy (non-hydrogen) atoms. The zero-order chi connectivity index (χ0) is 14.8. The molecule has 108 valence electrons. The van der Waals surface area contributed by atoms with Crippen LogP contribution in [0.4, 0.5) is 0 Å². The van der Waals surface area contributed by atoms with Gasteiger partial charge in [-0.05, 0) is 35.9 Å². The standard InChI is InChI=1S/C16H13ClO4/c17-11-5-6-14-10(7-11)8-12(21-14)9-20-15-4-2-1-3-13(15)16(18)19/h1-7,12H,8-9H2,(H,18,19). The van der Waals surface area contributed by atoms with Crippen molar-refractivity contribution in [2.75, 3.05) is 6.61 Å². The van der Waals surface area contributed by atoms with Gasteiger partial charge in [0.2, 0.25) is 0 Å². The second-order valence-corrected chi connectivity index (χ2v) is 5.24. The van der Waals surface area contributed by atoms with E-state index in [1.807, 2.05) is 12.1 Å². The fourth-order valence-corrected chi connectivity index (χ4v) is 2.53. The summed E-state index contributed by atoms with van der Waals surface area (Å²) >= 11 is 5.95. The minimum absolute atomic E-state index is 0.139. The highest BCUT2D eigenvalue weighted by atomic mass is 35.5. The summed E-state index contributed by atoms with van der Waals surface area (Å²) in [6.45, 7) is 0.288. The number of carboxylic acids is 1. The molecule has 0 fully saturated rings. The minimum Gasteiger partial charge on any atom is -0.489 e. The van der Waals surface area contributed by atoms with Crippen LogP contribution in [-0.2, 0) is 6.42 Å². The van der Waals surface area contributed by atoms with E-state index in [0.717, 1.165) is 11.3 Å². The van der Waals surface area contributed by atoms with E-state index in [-0.39, 0.29) is 18.3 Å². The van der Waals surface area contributed by atoms with E-state index in [0.29, 0.717) is 17.2 Å². The molecule has 3 rings (SSSR count). The molecule has 0 radical (unpaired) electrons. The van der Waals surface area contributed by atoms with E-state index >= 15 is 0 Å². The Morgan fingerprint density at radius 2 is 2.14 bits per heavy atom. The number of carbonyl (C=O) groups is 1. The first-order chi connectivity index (χ1) is 10.1. The van der Waals surface area contributed by atoms with Crippen molar-refractivity contribution in [1.82, 2.24) is 0 Å². The molecule has 1 N–H and O–H groups in total. The van der Waals surface area contributed by atoms with Gasteiger partial charge in [-0.25, -0.2) is 4.79 Å². The van der Waals surface area contributed by atoms with Gasteiger partial charge < -0.3 is 14.6 Å². The van der Waals surface area contributed by atoms with Crippen molar-refractivity contribution in [2.45, 2.75) is 12.5 Å². The van der Waals surface area contributed by atoms with Crippen LogP contribution in [-0.4, -0.2) is 23.8 Å². The molecule has 0 aliphatic carbocycles. The van der Waals surface area contributed by atoms with Crippen molar-refractivity contribution in [1.29, 1.82) is 0 Å². The minimum atomic E-state index is -1.01. The van der Waals surface area contributed by atoms with E-state index < -0.39 is 5.97 Å². The Balaban J connectivity index is 1.67. The van der Waals surface area contributed by atoms with Crippen molar-refractivity contribution in [3.8, 4) is 11.5 Å². The van der Waals surface area contributed by atoms with Crippen LogP contribution in [0.5, 0.6) is 11.5 Å². The Kier molecular flexibility index (Phi) is 3.71. The smallest absolute Gasteiger partial charge is 0.339 e. The maximum absolute atomic E-state index is 11.1. The van der Waals surface area contributed by atoms with Gasteiger partial charge in [0, 0.05) is 11.4 Å². The van der Waals surface area contributed by atoms with Gasteiger partial charge >= 0.3 is 5.97 Å². The number of halogens is 1. The number of aromatic carboxylic acids is 1. The van der Waals surface area contributed by atoms with Crippen LogP contribution >= 0.6 is 11.6 Å². The third-order valence-corrected chi connectivity index (χ3v) is 3.54. The van der Waals surface area contributed by atoms with Gasteiger partial charge in [0.05, 0.1) is 0 Å². The lowest BCUT2D eigenvalue weighted by Gasteiger charge is -2.13. The summed E-state index contributed by atoms with van der Waals surface area (Å²) in [5.74, 6) is 0.148. The van der Waals surface area contributed by atoms with Crippen molar-refractivity contribution >= 4 is 17.6 Å². The van der Waals surface area contributed by atoms with Crippen molar-refractivity contribution in [3.63, 3.8) is 0 Å². The number of benzene rings is 2. The van der Waals surface area contributed by atoms with E-state index in [1.165, 1.54) is 6.07 Å². The van der Waals surface area contributed by atoms with Crippen molar-refractivity contribution < 1.29 is 19.4 Å². The van der Waals surface area contributed by atoms with Crippen LogP contribution < -0.4 is 9.47 Å². The summed E-state index contributed by atoms with van der Waals surface area (Å²) in [6.07, 6.45) is 0.561. The Morgan fingerprint density at radius 1 is 1.33 bits per heavy atom. The molecule has 1 unspecified atom stereocenters. The Bertz CT molecular complexity index is 684. The SMILES string of the molecule is O=C(O)c1ccccc1OCC1Cc2cc(Cl)ccc2O1. The number of carboxylic acid groups (broad SMARTS) is 1. The maximum Gasteiger partial charge on any atom is 0.339 e. The lowest BCUT2D eigenvalue weighted by Crippen LogP contribution is -2.23. The van der Waals surface area contributed by atoms with E-state index in [1.54, 1.807) is 24.3 Å². The van der Waals surface area contributed by atoms with Gasteiger partial charge in [-0.15, -0.1) is 0 Å². The number of rotatable bonds is 4. The zero-order valence-corrected chi connectivity index (χ0v) is 11.8. The third kappa shape index (κ3) is 2.95. The summed E-state index contributed by atoms with van der Waals surface area (Å²) in [5.41, 5.74) is 1.19. The van der Waals surface area contributed by atoms with Gasteiger partial charge in [0.15, 0.2) is 0 Å². The second-order valence-electron chi connectivity index (χ2n) is 4.81. The highest BCUT2D eigenvalue weighted by molar-refractivity contribution is 6.30. The molecule has 1 heterocycles. The third-order valence-electron chi connectivity index (χ3n) is 3.31. The van der Waals surface area contributed by atoms with E-state index in [2.05, 4.69) is 0 Å². The molecule has 1 atom stereocenters. The molecule has 5 heteroatoms. The monoisotopic (exact) mass is 304 g/mol. The Hall–Kier alpha value is -2.20. The van der Waals surface area contributed by atoms with Crippen molar-refractivity contribution in [3.05, 3.63) is 58.6 Å². The van der Waals surface area contributed by atoms with Gasteiger partial charge in [0.1, 0.15) is 29.8 Å². The molecule has 1 aliphatic heterocycles. The number of fused-ring (bicyclic) bond motifs is 1. The molecular weight excluding hydrogens is 292 g/mol.